The van der Waals surface area contributed by atoms with Crippen molar-refractivity contribution in [3.8, 4) is 11.3 Å². The topological polar surface area (TPSA) is 100 Å². The summed E-state index contributed by atoms with van der Waals surface area (Å²) in [6.07, 6.45) is 3.15. The minimum Gasteiger partial charge on any atom is -0.480 e. The zero-order valence-electron chi connectivity index (χ0n) is 14.6. The van der Waals surface area contributed by atoms with Crippen molar-refractivity contribution in [2.24, 2.45) is 0 Å². The fraction of sp³-hybridized carbons (Fsp3) is 0.111. The van der Waals surface area contributed by atoms with E-state index in [1.807, 2.05) is 0 Å². The van der Waals surface area contributed by atoms with Crippen LogP contribution < -0.4 is 10.6 Å². The molecule has 0 unspecified atom stereocenters. The number of hydrogen-bond acceptors (Lipinski definition) is 7. The predicted octanol–water partition coefficient (Wildman–Crippen LogP) is 4.39. The number of alkyl halides is 3. The van der Waals surface area contributed by atoms with E-state index in [1.54, 1.807) is 36.7 Å². The Morgan fingerprint density at radius 1 is 1.10 bits per heavy atom. The van der Waals surface area contributed by atoms with E-state index in [0.717, 1.165) is 0 Å². The van der Waals surface area contributed by atoms with Gasteiger partial charge in [-0.25, -0.2) is 4.98 Å². The second kappa shape index (κ2) is 8.78. The Bertz CT molecular complexity index is 1000. The monoisotopic (exact) mass is 421 g/mol. The Balaban J connectivity index is 1.90. The van der Waals surface area contributed by atoms with E-state index >= 15 is 0 Å². The summed E-state index contributed by atoms with van der Waals surface area (Å²) in [5.74, 6) is -0.742. The molecule has 0 aliphatic heterocycles. The van der Waals surface area contributed by atoms with Crippen LogP contribution in [0.1, 0.15) is 0 Å². The van der Waals surface area contributed by atoms with E-state index in [-0.39, 0.29) is 28.4 Å². The lowest BCUT2D eigenvalue weighted by Crippen LogP contribution is -2.15. The van der Waals surface area contributed by atoms with Crippen molar-refractivity contribution in [1.82, 2.24) is 15.0 Å². The van der Waals surface area contributed by atoms with Crippen LogP contribution in [0.5, 0.6) is 0 Å². The largest absolute Gasteiger partial charge is 0.480 e. The average molecular weight is 421 g/mol. The number of pyridine rings is 1. The van der Waals surface area contributed by atoms with Crippen molar-refractivity contribution < 1.29 is 23.1 Å². The van der Waals surface area contributed by atoms with Gasteiger partial charge in [0.25, 0.3) is 0 Å². The number of aromatic nitrogens is 3. The first kappa shape index (κ1) is 20.4. The maximum Gasteiger partial charge on any atom is 0.446 e. The van der Waals surface area contributed by atoms with Gasteiger partial charge >= 0.3 is 11.5 Å². The minimum absolute atomic E-state index is 0.0233. The Kier molecular flexibility index (Phi) is 6.17. The molecule has 0 aliphatic carbocycles. The first-order valence-corrected chi connectivity index (χ1v) is 8.98. The molecule has 150 valence electrons. The van der Waals surface area contributed by atoms with E-state index in [4.69, 9.17) is 5.11 Å². The molecule has 11 heteroatoms. The van der Waals surface area contributed by atoms with Crippen LogP contribution in [0, 0.1) is 0 Å². The molecule has 0 bridgehead atoms. The standard InChI is InChI=1S/C18H14F3N5O2S/c19-18(20,21)29-13-3-1-2-12(8-13)24-15-9-14(11-4-6-22-7-5-11)25-17(26-15)23-10-16(27)28/h1-9H,10H2,(H,27,28)(H2,23,24,25,26). The Morgan fingerprint density at radius 2 is 1.86 bits per heavy atom. The highest BCUT2D eigenvalue weighted by Crippen LogP contribution is 2.37. The molecule has 1 aromatic carbocycles. The van der Waals surface area contributed by atoms with Gasteiger partial charge < -0.3 is 15.7 Å². The van der Waals surface area contributed by atoms with Gasteiger partial charge in [-0.2, -0.15) is 18.2 Å². The van der Waals surface area contributed by atoms with Gasteiger partial charge in [-0.1, -0.05) is 6.07 Å². The van der Waals surface area contributed by atoms with Crippen LogP contribution in [0.25, 0.3) is 11.3 Å². The van der Waals surface area contributed by atoms with Gasteiger partial charge in [0.2, 0.25) is 5.95 Å². The number of hydrogen-bond donors (Lipinski definition) is 3. The summed E-state index contributed by atoms with van der Waals surface area (Å²) in [5, 5.41) is 14.4. The van der Waals surface area contributed by atoms with Crippen molar-refractivity contribution in [2.45, 2.75) is 10.4 Å². The molecule has 3 rings (SSSR count). The van der Waals surface area contributed by atoms with Gasteiger partial charge in [0.05, 0.1) is 5.69 Å². The van der Waals surface area contributed by atoms with Crippen LogP contribution in [0.15, 0.2) is 59.8 Å². The zero-order chi connectivity index (χ0) is 20.9. The lowest BCUT2D eigenvalue weighted by atomic mass is 10.2. The Hall–Kier alpha value is -3.34. The summed E-state index contributed by atoms with van der Waals surface area (Å²) in [6, 6.07) is 10.8. The third-order valence-electron chi connectivity index (χ3n) is 3.44. The zero-order valence-corrected chi connectivity index (χ0v) is 15.5. The third kappa shape index (κ3) is 6.35. The average Bonchev–Trinajstić information content (AvgIpc) is 2.66. The molecule has 0 fully saturated rings. The van der Waals surface area contributed by atoms with Crippen LogP contribution in [0.3, 0.4) is 0 Å². The fourth-order valence-corrected chi connectivity index (χ4v) is 2.93. The van der Waals surface area contributed by atoms with E-state index < -0.39 is 18.0 Å². The van der Waals surface area contributed by atoms with E-state index in [9.17, 15) is 18.0 Å². The van der Waals surface area contributed by atoms with Crippen molar-refractivity contribution in [3.05, 3.63) is 54.9 Å². The number of thioether (sulfide) groups is 1. The Labute approximate surface area is 167 Å². The normalized spacial score (nSPS) is 11.1. The molecule has 3 aromatic rings. The highest BCUT2D eigenvalue weighted by Gasteiger charge is 2.29. The molecular weight excluding hydrogens is 407 g/mol. The van der Waals surface area contributed by atoms with Gasteiger partial charge in [0, 0.05) is 34.6 Å². The summed E-state index contributed by atoms with van der Waals surface area (Å²) in [5.41, 5.74) is -2.80. The van der Waals surface area contributed by atoms with Crippen LogP contribution in [0.4, 0.5) is 30.6 Å². The number of rotatable bonds is 7. The number of nitrogens with zero attached hydrogens (tertiary/aromatic N) is 3. The molecule has 2 aromatic heterocycles. The smallest absolute Gasteiger partial charge is 0.446 e. The molecule has 29 heavy (non-hydrogen) atoms. The number of aliphatic carboxylic acids is 1. The van der Waals surface area contributed by atoms with Gasteiger partial charge in [0.15, 0.2) is 0 Å². The summed E-state index contributed by atoms with van der Waals surface area (Å²) in [4.78, 5) is 23.2. The van der Waals surface area contributed by atoms with Crippen molar-refractivity contribution in [2.75, 3.05) is 17.2 Å². The number of carbonyl (C=O) groups is 1. The summed E-state index contributed by atoms with van der Waals surface area (Å²) >= 11 is -0.217. The minimum atomic E-state index is -4.39. The maximum atomic E-state index is 12.6. The maximum absolute atomic E-state index is 12.6. The number of carboxylic acid groups (broad SMARTS) is 1. The van der Waals surface area contributed by atoms with Crippen LogP contribution in [-0.2, 0) is 4.79 Å². The quantitative estimate of drug-likeness (QED) is 0.483. The molecule has 0 atom stereocenters. The van der Waals surface area contributed by atoms with Crippen LogP contribution in [0.2, 0.25) is 0 Å². The van der Waals surface area contributed by atoms with Gasteiger partial charge in [-0.15, -0.1) is 0 Å². The van der Waals surface area contributed by atoms with Crippen LogP contribution in [-0.4, -0.2) is 38.1 Å². The second-order valence-corrected chi connectivity index (χ2v) is 6.78. The SMILES string of the molecule is O=C(O)CNc1nc(Nc2cccc(SC(F)(F)F)c2)cc(-c2ccncc2)n1. The Morgan fingerprint density at radius 3 is 2.55 bits per heavy atom. The van der Waals surface area contributed by atoms with Crippen LogP contribution >= 0.6 is 11.8 Å². The lowest BCUT2D eigenvalue weighted by Gasteiger charge is -2.12. The fourth-order valence-electron chi connectivity index (χ4n) is 2.33. The number of halogens is 3. The molecule has 7 nitrogen and oxygen atoms in total. The number of carboxylic acids is 1. The molecule has 0 aliphatic rings. The van der Waals surface area contributed by atoms with E-state index in [1.165, 1.54) is 18.2 Å². The second-order valence-electron chi connectivity index (χ2n) is 5.65. The number of benzene rings is 1. The van der Waals surface area contributed by atoms with E-state index in [0.29, 0.717) is 16.9 Å². The van der Waals surface area contributed by atoms with Crippen molar-refractivity contribution >= 4 is 35.2 Å². The number of nitrogens with one attached hydrogen (secondary N) is 2. The molecule has 0 saturated carbocycles. The first-order valence-electron chi connectivity index (χ1n) is 8.16. The lowest BCUT2D eigenvalue weighted by molar-refractivity contribution is -0.134. The van der Waals surface area contributed by atoms with Gasteiger partial charge in [-0.3, -0.25) is 9.78 Å². The summed E-state index contributed by atoms with van der Waals surface area (Å²) in [7, 11) is 0. The molecule has 0 saturated heterocycles. The molecule has 2 heterocycles. The van der Waals surface area contributed by atoms with E-state index in [2.05, 4.69) is 25.6 Å². The molecule has 3 N–H and O–H groups in total. The van der Waals surface area contributed by atoms with Crippen molar-refractivity contribution in [3.63, 3.8) is 0 Å². The highest BCUT2D eigenvalue weighted by molar-refractivity contribution is 8.00. The molecule has 0 spiro atoms. The molecular formula is C18H14F3N5O2S. The van der Waals surface area contributed by atoms with Gasteiger partial charge in [-0.05, 0) is 42.1 Å². The summed E-state index contributed by atoms with van der Waals surface area (Å²) in [6.45, 7) is -0.392. The number of anilines is 3. The first-order chi connectivity index (χ1) is 13.8. The summed E-state index contributed by atoms with van der Waals surface area (Å²) < 4.78 is 37.8. The van der Waals surface area contributed by atoms with Gasteiger partial charge in [0.1, 0.15) is 12.4 Å². The molecule has 0 radical (unpaired) electrons. The highest BCUT2D eigenvalue weighted by atomic mass is 32.2. The molecule has 0 amide bonds. The van der Waals surface area contributed by atoms with Crippen molar-refractivity contribution in [1.29, 1.82) is 0 Å². The predicted molar refractivity (Wildman–Crippen MR) is 103 cm³/mol. The third-order valence-corrected chi connectivity index (χ3v) is 4.16.